The van der Waals surface area contributed by atoms with Crippen LogP contribution in [-0.4, -0.2) is 39.6 Å². The molecule has 0 aliphatic carbocycles. The number of nitrogens with one attached hydrogen (secondary N) is 1. The van der Waals surface area contributed by atoms with Gasteiger partial charge >= 0.3 is 0 Å². The number of aromatic nitrogens is 4. The van der Waals surface area contributed by atoms with Crippen molar-refractivity contribution >= 4 is 38.2 Å². The van der Waals surface area contributed by atoms with Crippen LogP contribution in [-0.2, 0) is 34.6 Å². The van der Waals surface area contributed by atoms with Crippen LogP contribution in [0.4, 0.5) is 11.1 Å². The Kier molecular flexibility index (Phi) is 8.58. The zero-order chi connectivity index (χ0) is 32.6. The maximum Gasteiger partial charge on any atom is 0.250 e. The highest BCUT2D eigenvalue weighted by Crippen LogP contribution is 2.44. The fourth-order valence-corrected chi connectivity index (χ4v) is 7.84. The van der Waals surface area contributed by atoms with Crippen molar-refractivity contribution in [1.29, 1.82) is 0 Å². The molecule has 0 bridgehead atoms. The summed E-state index contributed by atoms with van der Waals surface area (Å²) >= 11 is 1.44. The summed E-state index contributed by atoms with van der Waals surface area (Å²) < 4.78 is 27.2. The number of fused-ring (bicyclic) bond motifs is 1. The molecule has 46 heavy (non-hydrogen) atoms. The minimum absolute atomic E-state index is 0.00945. The average molecular weight is 655 g/mol. The standard InChI is InChI=1S/C34H34N6O4S2/c1-5-46(43,44)28-13-11-22(15-26(28)23-9-7-6-8-10-23)16-29(41)37-34-38-31-27(45-34)20-40(32(31)21(2)3)33-35-17-25(18-36-33)24-12-14-30(42)39(4)19-24/h6-15,17-19,21,32H,5,16,20H2,1-4H3,(H,37,38,41)/t32-/m0/s1. The van der Waals surface area contributed by atoms with E-state index in [4.69, 9.17) is 4.98 Å². The van der Waals surface area contributed by atoms with E-state index >= 15 is 0 Å². The van der Waals surface area contributed by atoms with Crippen molar-refractivity contribution in [2.75, 3.05) is 16.0 Å². The minimum atomic E-state index is -3.46. The Morgan fingerprint density at radius 3 is 2.43 bits per heavy atom. The Bertz CT molecular complexity index is 2070. The van der Waals surface area contributed by atoms with Gasteiger partial charge in [-0.05, 0) is 35.2 Å². The third kappa shape index (κ3) is 6.22. The van der Waals surface area contributed by atoms with E-state index in [0.717, 1.165) is 27.3 Å². The Morgan fingerprint density at radius 1 is 1.02 bits per heavy atom. The first kappa shape index (κ1) is 31.3. The van der Waals surface area contributed by atoms with Crippen molar-refractivity contribution in [1.82, 2.24) is 19.5 Å². The predicted molar refractivity (Wildman–Crippen MR) is 181 cm³/mol. The van der Waals surface area contributed by atoms with E-state index < -0.39 is 9.84 Å². The van der Waals surface area contributed by atoms with Crippen molar-refractivity contribution < 1.29 is 13.2 Å². The lowest BCUT2D eigenvalue weighted by molar-refractivity contribution is -0.115. The topological polar surface area (TPSA) is 127 Å². The number of sulfone groups is 1. The fourth-order valence-electron chi connectivity index (χ4n) is 5.72. The maximum absolute atomic E-state index is 13.2. The molecule has 3 aromatic heterocycles. The number of carbonyl (C=O) groups excluding carboxylic acids is 1. The van der Waals surface area contributed by atoms with Gasteiger partial charge in [0.1, 0.15) is 0 Å². The third-order valence-corrected chi connectivity index (χ3v) is 10.8. The third-order valence-electron chi connectivity index (χ3n) is 8.06. The summed E-state index contributed by atoms with van der Waals surface area (Å²) in [6.45, 7) is 6.44. The molecule has 5 aromatic rings. The molecule has 1 N–H and O–H groups in total. The number of anilines is 2. The van der Waals surface area contributed by atoms with Crippen LogP contribution in [0.2, 0.25) is 0 Å². The molecule has 1 aliphatic rings. The zero-order valence-corrected chi connectivity index (χ0v) is 27.6. The molecule has 1 aliphatic heterocycles. The number of thiazole rings is 1. The Morgan fingerprint density at radius 2 is 1.76 bits per heavy atom. The molecular weight excluding hydrogens is 621 g/mol. The highest BCUT2D eigenvalue weighted by Gasteiger charge is 2.37. The van der Waals surface area contributed by atoms with Crippen molar-refractivity contribution in [3.63, 3.8) is 0 Å². The highest BCUT2D eigenvalue weighted by molar-refractivity contribution is 7.91. The summed E-state index contributed by atoms with van der Waals surface area (Å²) in [5, 5.41) is 3.49. The normalized spacial score (nSPS) is 14.5. The SMILES string of the molecule is CCS(=O)(=O)c1ccc(CC(=O)Nc2nc3c(s2)CN(c2ncc(-c4ccc(=O)n(C)c4)cn2)[C@H]3C(C)C)cc1-c1ccccc1. The van der Waals surface area contributed by atoms with Gasteiger partial charge in [0.2, 0.25) is 17.4 Å². The lowest BCUT2D eigenvalue weighted by atomic mass is 10.0. The smallest absolute Gasteiger partial charge is 0.250 e. The molecule has 10 nitrogen and oxygen atoms in total. The minimum Gasteiger partial charge on any atom is -0.327 e. The number of amides is 1. The first-order valence-corrected chi connectivity index (χ1v) is 17.5. The molecular formula is C34H34N6O4S2. The van der Waals surface area contributed by atoms with Gasteiger partial charge in [-0.25, -0.2) is 23.4 Å². The van der Waals surface area contributed by atoms with E-state index in [0.29, 0.717) is 28.8 Å². The monoisotopic (exact) mass is 654 g/mol. The second-order valence-electron chi connectivity index (χ2n) is 11.6. The molecule has 6 rings (SSSR count). The summed E-state index contributed by atoms with van der Waals surface area (Å²) in [7, 11) is -1.75. The summed E-state index contributed by atoms with van der Waals surface area (Å²) in [6.07, 6.45) is 5.36. The van der Waals surface area contributed by atoms with Crippen LogP contribution < -0.4 is 15.8 Å². The molecule has 0 saturated heterocycles. The Labute approximate surface area is 271 Å². The van der Waals surface area contributed by atoms with Gasteiger partial charge in [-0.2, -0.15) is 0 Å². The predicted octanol–water partition coefficient (Wildman–Crippen LogP) is 5.66. The van der Waals surface area contributed by atoms with E-state index in [1.165, 1.54) is 22.0 Å². The molecule has 0 radical (unpaired) electrons. The van der Waals surface area contributed by atoms with Gasteiger partial charge in [-0.3, -0.25) is 9.59 Å². The molecule has 2 aromatic carbocycles. The fraction of sp³-hybridized carbons (Fsp3) is 0.265. The number of hydrogen-bond donors (Lipinski definition) is 1. The van der Waals surface area contributed by atoms with Crippen LogP contribution >= 0.6 is 11.3 Å². The van der Waals surface area contributed by atoms with E-state index in [9.17, 15) is 18.0 Å². The molecule has 236 valence electrons. The second kappa shape index (κ2) is 12.6. The second-order valence-corrected chi connectivity index (χ2v) is 14.9. The first-order valence-electron chi connectivity index (χ1n) is 15.0. The van der Waals surface area contributed by atoms with Gasteiger partial charge < -0.3 is 14.8 Å². The molecule has 4 heterocycles. The van der Waals surface area contributed by atoms with Gasteiger partial charge in [0.05, 0.1) is 40.2 Å². The molecule has 1 amide bonds. The van der Waals surface area contributed by atoms with Crippen LogP contribution in [0, 0.1) is 5.92 Å². The number of nitrogens with zero attached hydrogens (tertiary/aromatic N) is 5. The van der Waals surface area contributed by atoms with Crippen LogP contribution in [0.5, 0.6) is 0 Å². The molecule has 1 atom stereocenters. The number of aryl methyl sites for hydroxylation is 1. The lowest BCUT2D eigenvalue weighted by Crippen LogP contribution is -2.27. The summed E-state index contributed by atoms with van der Waals surface area (Å²) in [6, 6.07) is 17.6. The molecule has 0 fully saturated rings. The van der Waals surface area contributed by atoms with Crippen molar-refractivity contribution in [3.8, 4) is 22.3 Å². The van der Waals surface area contributed by atoms with Crippen molar-refractivity contribution in [3.05, 3.63) is 106 Å². The van der Waals surface area contributed by atoms with Crippen LogP contribution in [0.3, 0.4) is 0 Å². The lowest BCUT2D eigenvalue weighted by Gasteiger charge is -2.27. The molecule has 0 unspecified atom stereocenters. The first-order chi connectivity index (χ1) is 22.0. The van der Waals surface area contributed by atoms with Gasteiger partial charge in [-0.15, -0.1) is 0 Å². The van der Waals surface area contributed by atoms with E-state index in [1.54, 1.807) is 56.8 Å². The van der Waals surface area contributed by atoms with E-state index in [1.807, 2.05) is 30.3 Å². The van der Waals surface area contributed by atoms with Crippen molar-refractivity contribution in [2.24, 2.45) is 13.0 Å². The van der Waals surface area contributed by atoms with Gasteiger partial charge in [-0.1, -0.05) is 68.5 Å². The molecule has 12 heteroatoms. The highest BCUT2D eigenvalue weighted by atomic mass is 32.2. The number of pyridine rings is 1. The summed E-state index contributed by atoms with van der Waals surface area (Å²) in [4.78, 5) is 42.5. The largest absolute Gasteiger partial charge is 0.327 e. The number of hydrogen-bond acceptors (Lipinski definition) is 9. The van der Waals surface area contributed by atoms with Crippen LogP contribution in [0.1, 0.15) is 42.9 Å². The van der Waals surface area contributed by atoms with Gasteiger partial charge in [0.15, 0.2) is 15.0 Å². The quantitative estimate of drug-likeness (QED) is 0.216. The van der Waals surface area contributed by atoms with Crippen LogP contribution in [0.15, 0.2) is 88.9 Å². The van der Waals surface area contributed by atoms with E-state index in [2.05, 4.69) is 34.0 Å². The number of carbonyl (C=O) groups is 1. The van der Waals surface area contributed by atoms with Gasteiger partial charge in [0, 0.05) is 48.4 Å². The van der Waals surface area contributed by atoms with Crippen molar-refractivity contribution in [2.45, 2.75) is 44.7 Å². The molecule has 0 saturated carbocycles. The molecule has 0 spiro atoms. The zero-order valence-electron chi connectivity index (χ0n) is 26.0. The van der Waals surface area contributed by atoms with E-state index in [-0.39, 0.29) is 40.5 Å². The Balaban J connectivity index is 1.18. The number of benzene rings is 2. The Hall–Kier alpha value is -4.68. The number of rotatable bonds is 9. The summed E-state index contributed by atoms with van der Waals surface area (Å²) in [5.74, 6) is 0.552. The maximum atomic E-state index is 13.2. The average Bonchev–Trinajstić information content (AvgIpc) is 3.60. The van der Waals surface area contributed by atoms with Gasteiger partial charge in [0.25, 0.3) is 0 Å². The summed E-state index contributed by atoms with van der Waals surface area (Å²) in [5.41, 5.74) is 4.57. The van der Waals surface area contributed by atoms with Crippen LogP contribution in [0.25, 0.3) is 22.3 Å².